The fourth-order valence-electron chi connectivity index (χ4n) is 2.27. The van der Waals surface area contributed by atoms with Gasteiger partial charge < -0.3 is 10.1 Å². The summed E-state index contributed by atoms with van der Waals surface area (Å²) in [6.45, 7) is 4.35. The smallest absolute Gasteiger partial charge is 0.242 e. The quantitative estimate of drug-likeness (QED) is 0.839. The van der Waals surface area contributed by atoms with E-state index >= 15 is 0 Å². The fraction of sp³-hybridized carbons (Fsp3) is 0.615. The molecule has 0 spiro atoms. The Morgan fingerprint density at radius 2 is 2.30 bits per heavy atom. The summed E-state index contributed by atoms with van der Waals surface area (Å²) in [7, 11) is -2.03. The molecule has 1 atom stereocenters. The van der Waals surface area contributed by atoms with Gasteiger partial charge in [0.25, 0.3) is 0 Å². The summed E-state index contributed by atoms with van der Waals surface area (Å²) in [5.74, 6) is 0.396. The maximum Gasteiger partial charge on any atom is 0.242 e. The molecule has 1 fully saturated rings. The molecule has 1 aromatic rings. The van der Waals surface area contributed by atoms with Crippen LogP contribution in [0.2, 0.25) is 0 Å². The molecule has 6 nitrogen and oxygen atoms in total. The number of aromatic nitrogens is 1. The highest BCUT2D eigenvalue weighted by atomic mass is 32.2. The number of hydrogen-bond acceptors (Lipinski definition) is 5. The second-order valence-corrected chi connectivity index (χ2v) is 7.22. The van der Waals surface area contributed by atoms with Crippen LogP contribution >= 0.6 is 0 Å². The molecular formula is C13H21N3O3S. The number of hydrogen-bond donors (Lipinski definition) is 2. The zero-order chi connectivity index (χ0) is 14.6. The van der Waals surface area contributed by atoms with Gasteiger partial charge in [0.1, 0.15) is 4.90 Å². The number of methoxy groups -OCH3 is 1. The number of nitrogens with zero attached hydrogens (tertiary/aromatic N) is 1. The van der Waals surface area contributed by atoms with Gasteiger partial charge in [-0.05, 0) is 30.9 Å². The highest BCUT2D eigenvalue weighted by Gasteiger charge is 2.28. The third kappa shape index (κ3) is 3.68. The number of rotatable bonds is 5. The van der Waals surface area contributed by atoms with Crippen LogP contribution in [0, 0.1) is 5.41 Å². The average molecular weight is 299 g/mol. The van der Waals surface area contributed by atoms with E-state index in [-0.39, 0.29) is 10.3 Å². The van der Waals surface area contributed by atoms with Crippen LogP contribution in [0.3, 0.4) is 0 Å². The van der Waals surface area contributed by atoms with Crippen molar-refractivity contribution in [3.63, 3.8) is 0 Å². The second-order valence-electron chi connectivity index (χ2n) is 5.45. The van der Waals surface area contributed by atoms with Crippen molar-refractivity contribution in [2.75, 3.05) is 26.7 Å². The van der Waals surface area contributed by atoms with E-state index in [2.05, 4.69) is 21.9 Å². The molecule has 0 saturated carbocycles. The van der Waals surface area contributed by atoms with Crippen LogP contribution in [-0.2, 0) is 10.0 Å². The lowest BCUT2D eigenvalue weighted by Crippen LogP contribution is -2.45. The SMILES string of the molecule is COc1ccc(S(=O)(=O)NCC2(C)CCCNC2)cn1. The first kappa shape index (κ1) is 15.2. The molecule has 0 bridgehead atoms. The Kier molecular flexibility index (Phi) is 4.62. The van der Waals surface area contributed by atoms with Crippen LogP contribution in [-0.4, -0.2) is 40.1 Å². The molecule has 2 heterocycles. The van der Waals surface area contributed by atoms with Crippen molar-refractivity contribution < 1.29 is 13.2 Å². The van der Waals surface area contributed by atoms with Crippen LogP contribution in [0.1, 0.15) is 19.8 Å². The predicted octanol–water partition coefficient (Wildman–Crippen LogP) is 0.758. The van der Waals surface area contributed by atoms with Gasteiger partial charge in [0.15, 0.2) is 0 Å². The molecule has 1 aromatic heterocycles. The Bertz CT molecular complexity index is 536. The predicted molar refractivity (Wildman–Crippen MR) is 76.2 cm³/mol. The van der Waals surface area contributed by atoms with Gasteiger partial charge in [-0.15, -0.1) is 0 Å². The lowest BCUT2D eigenvalue weighted by Gasteiger charge is -2.34. The number of pyridine rings is 1. The van der Waals surface area contributed by atoms with Gasteiger partial charge in [-0.2, -0.15) is 0 Å². The standard InChI is InChI=1S/C13H21N3O3S/c1-13(6-3-7-14-9-13)10-16-20(17,18)11-4-5-12(19-2)15-8-11/h4-5,8,14,16H,3,6-7,9-10H2,1-2H3. The van der Waals surface area contributed by atoms with Gasteiger partial charge in [-0.1, -0.05) is 6.92 Å². The molecule has 20 heavy (non-hydrogen) atoms. The monoisotopic (exact) mass is 299 g/mol. The van der Waals surface area contributed by atoms with Crippen LogP contribution in [0.15, 0.2) is 23.2 Å². The highest BCUT2D eigenvalue weighted by Crippen LogP contribution is 2.25. The summed E-state index contributed by atoms with van der Waals surface area (Å²) in [5, 5.41) is 3.30. The van der Waals surface area contributed by atoms with Crippen molar-refractivity contribution in [1.82, 2.24) is 15.0 Å². The van der Waals surface area contributed by atoms with E-state index in [1.54, 1.807) is 6.07 Å². The van der Waals surface area contributed by atoms with E-state index in [1.807, 2.05) is 0 Å². The lowest BCUT2D eigenvalue weighted by molar-refractivity contribution is 0.238. The lowest BCUT2D eigenvalue weighted by atomic mass is 9.83. The van der Waals surface area contributed by atoms with E-state index in [4.69, 9.17) is 4.74 Å². The Morgan fingerprint density at radius 3 is 2.85 bits per heavy atom. The van der Waals surface area contributed by atoms with Gasteiger partial charge in [0.2, 0.25) is 15.9 Å². The molecule has 1 aliphatic heterocycles. The first-order valence-corrected chi connectivity index (χ1v) is 8.14. The summed E-state index contributed by atoms with van der Waals surface area (Å²) >= 11 is 0. The molecule has 2 rings (SSSR count). The Labute approximate surface area is 120 Å². The summed E-state index contributed by atoms with van der Waals surface area (Å²) in [6.07, 6.45) is 3.40. The summed E-state index contributed by atoms with van der Waals surface area (Å²) in [4.78, 5) is 4.08. The van der Waals surface area contributed by atoms with Crippen LogP contribution in [0.5, 0.6) is 5.88 Å². The van der Waals surface area contributed by atoms with Crippen molar-refractivity contribution in [1.29, 1.82) is 0 Å². The van der Waals surface area contributed by atoms with E-state index in [1.165, 1.54) is 19.4 Å². The number of ether oxygens (including phenoxy) is 1. The normalized spacial score (nSPS) is 23.5. The number of nitrogens with one attached hydrogen (secondary N) is 2. The van der Waals surface area contributed by atoms with Crippen molar-refractivity contribution >= 4 is 10.0 Å². The molecule has 1 unspecified atom stereocenters. The Hall–Kier alpha value is -1.18. The molecule has 2 N–H and O–H groups in total. The maximum absolute atomic E-state index is 12.2. The van der Waals surface area contributed by atoms with Gasteiger partial charge in [-0.3, -0.25) is 0 Å². The van der Waals surface area contributed by atoms with Gasteiger partial charge >= 0.3 is 0 Å². The van der Waals surface area contributed by atoms with Gasteiger partial charge in [0, 0.05) is 19.2 Å². The zero-order valence-electron chi connectivity index (χ0n) is 11.8. The Balaban J connectivity index is 2.02. The second kappa shape index (κ2) is 6.07. The van der Waals surface area contributed by atoms with Crippen LogP contribution < -0.4 is 14.8 Å². The highest BCUT2D eigenvalue weighted by molar-refractivity contribution is 7.89. The maximum atomic E-state index is 12.2. The average Bonchev–Trinajstić information content (AvgIpc) is 2.46. The van der Waals surface area contributed by atoms with Crippen molar-refractivity contribution in [2.24, 2.45) is 5.41 Å². The van der Waals surface area contributed by atoms with Gasteiger partial charge in [-0.25, -0.2) is 18.1 Å². The van der Waals surface area contributed by atoms with E-state index in [0.29, 0.717) is 12.4 Å². The first-order chi connectivity index (χ1) is 9.45. The number of sulfonamides is 1. The van der Waals surface area contributed by atoms with E-state index in [0.717, 1.165) is 25.9 Å². The zero-order valence-corrected chi connectivity index (χ0v) is 12.7. The third-order valence-corrected chi connectivity index (χ3v) is 4.99. The molecule has 112 valence electrons. The molecule has 7 heteroatoms. The third-order valence-electron chi connectivity index (χ3n) is 3.60. The number of piperidine rings is 1. The molecule has 0 aromatic carbocycles. The fourth-order valence-corrected chi connectivity index (χ4v) is 3.41. The minimum absolute atomic E-state index is 0.0365. The molecule has 0 aliphatic carbocycles. The largest absolute Gasteiger partial charge is 0.481 e. The van der Waals surface area contributed by atoms with Crippen molar-refractivity contribution in [2.45, 2.75) is 24.7 Å². The van der Waals surface area contributed by atoms with Gasteiger partial charge in [0.05, 0.1) is 13.3 Å². The minimum atomic E-state index is -3.52. The molecule has 1 saturated heterocycles. The first-order valence-electron chi connectivity index (χ1n) is 6.66. The van der Waals surface area contributed by atoms with Crippen LogP contribution in [0.25, 0.3) is 0 Å². The Morgan fingerprint density at radius 1 is 1.50 bits per heavy atom. The molecular weight excluding hydrogens is 278 g/mol. The van der Waals surface area contributed by atoms with E-state index in [9.17, 15) is 8.42 Å². The summed E-state index contributed by atoms with van der Waals surface area (Å²) in [5.41, 5.74) is -0.0365. The van der Waals surface area contributed by atoms with Crippen LogP contribution in [0.4, 0.5) is 0 Å². The summed E-state index contributed by atoms with van der Waals surface area (Å²) < 4.78 is 32.0. The topological polar surface area (TPSA) is 80.3 Å². The van der Waals surface area contributed by atoms with Crippen molar-refractivity contribution in [3.8, 4) is 5.88 Å². The molecule has 1 aliphatic rings. The van der Waals surface area contributed by atoms with Crippen molar-refractivity contribution in [3.05, 3.63) is 18.3 Å². The summed E-state index contributed by atoms with van der Waals surface area (Å²) in [6, 6.07) is 3.04. The van der Waals surface area contributed by atoms with E-state index < -0.39 is 10.0 Å². The minimum Gasteiger partial charge on any atom is -0.481 e. The molecule has 0 radical (unpaired) electrons. The molecule has 0 amide bonds.